The number of aromatic nitrogens is 2. The molecule has 0 spiro atoms. The smallest absolute Gasteiger partial charge is 0.256 e. The summed E-state index contributed by atoms with van der Waals surface area (Å²) in [6.07, 6.45) is 5.14. The Morgan fingerprint density at radius 2 is 1.83 bits per heavy atom. The maximum absolute atomic E-state index is 12.5. The quantitative estimate of drug-likeness (QED) is 0.737. The van der Waals surface area contributed by atoms with Gasteiger partial charge in [-0.3, -0.25) is 9.69 Å². The molecule has 1 fully saturated rings. The van der Waals surface area contributed by atoms with E-state index in [-0.39, 0.29) is 5.91 Å². The number of hydrogen-bond donors (Lipinski definition) is 1. The predicted molar refractivity (Wildman–Crippen MR) is 94.3 cm³/mol. The Morgan fingerprint density at radius 1 is 1.21 bits per heavy atom. The SMILES string of the molecule is CCCN(CCC)C(=O)c1cnc(NCCN2CCOCC2)nc1. The monoisotopic (exact) mass is 335 g/mol. The lowest BCUT2D eigenvalue weighted by Gasteiger charge is -2.26. The summed E-state index contributed by atoms with van der Waals surface area (Å²) in [6, 6.07) is 0. The van der Waals surface area contributed by atoms with Crippen LogP contribution in [0.25, 0.3) is 0 Å². The Morgan fingerprint density at radius 3 is 2.42 bits per heavy atom. The zero-order valence-corrected chi connectivity index (χ0v) is 14.8. The third kappa shape index (κ3) is 5.72. The lowest BCUT2D eigenvalue weighted by atomic mass is 10.2. The topological polar surface area (TPSA) is 70.6 Å². The second kappa shape index (κ2) is 10.2. The van der Waals surface area contributed by atoms with Gasteiger partial charge in [0.2, 0.25) is 5.95 Å². The van der Waals surface area contributed by atoms with Crippen LogP contribution in [-0.2, 0) is 4.74 Å². The Kier molecular flexibility index (Phi) is 7.91. The summed E-state index contributed by atoms with van der Waals surface area (Å²) in [5.74, 6) is 0.580. The van der Waals surface area contributed by atoms with Crippen molar-refractivity contribution in [2.24, 2.45) is 0 Å². The van der Waals surface area contributed by atoms with Gasteiger partial charge in [-0.15, -0.1) is 0 Å². The summed E-state index contributed by atoms with van der Waals surface area (Å²) >= 11 is 0. The molecule has 1 aromatic rings. The van der Waals surface area contributed by atoms with Gasteiger partial charge in [0, 0.05) is 51.7 Å². The van der Waals surface area contributed by atoms with Gasteiger partial charge >= 0.3 is 0 Å². The zero-order chi connectivity index (χ0) is 17.2. The van der Waals surface area contributed by atoms with E-state index in [1.807, 2.05) is 4.90 Å². The van der Waals surface area contributed by atoms with Crippen molar-refractivity contribution in [1.82, 2.24) is 19.8 Å². The lowest BCUT2D eigenvalue weighted by Crippen LogP contribution is -2.39. The summed E-state index contributed by atoms with van der Waals surface area (Å²) in [7, 11) is 0. The summed E-state index contributed by atoms with van der Waals surface area (Å²) in [5, 5.41) is 3.21. The fourth-order valence-electron chi connectivity index (χ4n) is 2.72. The van der Waals surface area contributed by atoms with Crippen LogP contribution in [0.3, 0.4) is 0 Å². The van der Waals surface area contributed by atoms with Crippen molar-refractivity contribution in [1.29, 1.82) is 0 Å². The number of carbonyl (C=O) groups excluding carboxylic acids is 1. The van der Waals surface area contributed by atoms with Crippen LogP contribution in [0.5, 0.6) is 0 Å². The van der Waals surface area contributed by atoms with Crippen LogP contribution in [0.4, 0.5) is 5.95 Å². The van der Waals surface area contributed by atoms with Gasteiger partial charge in [0.05, 0.1) is 18.8 Å². The highest BCUT2D eigenvalue weighted by Crippen LogP contribution is 2.06. The van der Waals surface area contributed by atoms with E-state index in [0.29, 0.717) is 11.5 Å². The first-order chi connectivity index (χ1) is 11.7. The van der Waals surface area contributed by atoms with Gasteiger partial charge in [-0.2, -0.15) is 0 Å². The predicted octanol–water partition coefficient (Wildman–Crippen LogP) is 1.48. The van der Waals surface area contributed by atoms with Crippen molar-refractivity contribution in [2.45, 2.75) is 26.7 Å². The van der Waals surface area contributed by atoms with Crippen molar-refractivity contribution >= 4 is 11.9 Å². The van der Waals surface area contributed by atoms with Gasteiger partial charge in [0.25, 0.3) is 5.91 Å². The molecule has 0 saturated carbocycles. The number of hydrogen-bond acceptors (Lipinski definition) is 6. The number of rotatable bonds is 9. The Labute approximate surface area is 144 Å². The van der Waals surface area contributed by atoms with Gasteiger partial charge in [-0.05, 0) is 12.8 Å². The van der Waals surface area contributed by atoms with Gasteiger partial charge in [0.15, 0.2) is 0 Å². The van der Waals surface area contributed by atoms with Crippen LogP contribution < -0.4 is 5.32 Å². The highest BCUT2D eigenvalue weighted by atomic mass is 16.5. The molecule has 0 aromatic carbocycles. The Bertz CT molecular complexity index is 482. The van der Waals surface area contributed by atoms with E-state index in [1.54, 1.807) is 12.4 Å². The fraction of sp³-hybridized carbons (Fsp3) is 0.706. The van der Waals surface area contributed by atoms with Crippen molar-refractivity contribution in [2.75, 3.05) is 57.8 Å². The molecule has 134 valence electrons. The molecule has 0 aliphatic carbocycles. The van der Waals surface area contributed by atoms with Crippen LogP contribution in [0, 0.1) is 0 Å². The summed E-state index contributed by atoms with van der Waals surface area (Å²) in [6.45, 7) is 11.0. The molecule has 1 aromatic heterocycles. The van der Waals surface area contributed by atoms with Crippen molar-refractivity contribution in [3.63, 3.8) is 0 Å². The normalized spacial score (nSPS) is 15.2. The number of nitrogens with one attached hydrogen (secondary N) is 1. The van der Waals surface area contributed by atoms with E-state index < -0.39 is 0 Å². The van der Waals surface area contributed by atoms with Crippen LogP contribution >= 0.6 is 0 Å². The van der Waals surface area contributed by atoms with Crippen LogP contribution in [0.15, 0.2) is 12.4 Å². The van der Waals surface area contributed by atoms with E-state index in [2.05, 4.69) is 34.0 Å². The van der Waals surface area contributed by atoms with Gasteiger partial charge in [-0.25, -0.2) is 9.97 Å². The molecule has 0 radical (unpaired) electrons. The van der Waals surface area contributed by atoms with Gasteiger partial charge in [0.1, 0.15) is 0 Å². The molecule has 7 nitrogen and oxygen atoms in total. The molecule has 1 amide bonds. The highest BCUT2D eigenvalue weighted by molar-refractivity contribution is 5.93. The number of anilines is 1. The number of morpholine rings is 1. The van der Waals surface area contributed by atoms with E-state index in [9.17, 15) is 4.79 Å². The third-order valence-corrected chi connectivity index (χ3v) is 3.99. The van der Waals surface area contributed by atoms with Crippen LogP contribution in [-0.4, -0.2) is 78.2 Å². The molecule has 0 bridgehead atoms. The molecular formula is C17H29N5O2. The molecule has 2 rings (SSSR count). The van der Waals surface area contributed by atoms with Gasteiger partial charge < -0.3 is 15.0 Å². The molecule has 1 aliphatic rings. The number of carbonyl (C=O) groups is 1. The van der Waals surface area contributed by atoms with Crippen molar-refractivity contribution in [3.8, 4) is 0 Å². The van der Waals surface area contributed by atoms with Crippen LogP contribution in [0.2, 0.25) is 0 Å². The van der Waals surface area contributed by atoms with Crippen LogP contribution in [0.1, 0.15) is 37.0 Å². The maximum atomic E-state index is 12.5. The fourth-order valence-corrected chi connectivity index (χ4v) is 2.72. The van der Waals surface area contributed by atoms with E-state index in [4.69, 9.17) is 4.74 Å². The number of ether oxygens (including phenoxy) is 1. The maximum Gasteiger partial charge on any atom is 0.256 e. The zero-order valence-electron chi connectivity index (χ0n) is 14.8. The molecule has 1 saturated heterocycles. The number of nitrogens with zero attached hydrogens (tertiary/aromatic N) is 4. The molecule has 0 unspecified atom stereocenters. The molecule has 0 atom stereocenters. The lowest BCUT2D eigenvalue weighted by molar-refractivity contribution is 0.0398. The minimum atomic E-state index is 0.0126. The second-order valence-corrected chi connectivity index (χ2v) is 5.97. The first-order valence-electron chi connectivity index (χ1n) is 8.89. The first-order valence-corrected chi connectivity index (χ1v) is 8.89. The number of amides is 1. The minimum Gasteiger partial charge on any atom is -0.379 e. The first kappa shape index (κ1) is 18.6. The summed E-state index contributed by atoms with van der Waals surface area (Å²) in [4.78, 5) is 25.2. The van der Waals surface area contributed by atoms with Crippen molar-refractivity contribution < 1.29 is 9.53 Å². The average Bonchev–Trinajstić information content (AvgIpc) is 2.62. The molecule has 1 N–H and O–H groups in total. The third-order valence-electron chi connectivity index (χ3n) is 3.99. The van der Waals surface area contributed by atoms with E-state index >= 15 is 0 Å². The average molecular weight is 335 g/mol. The highest BCUT2D eigenvalue weighted by Gasteiger charge is 2.15. The Hall–Kier alpha value is -1.73. The largest absolute Gasteiger partial charge is 0.379 e. The second-order valence-electron chi connectivity index (χ2n) is 5.97. The molecule has 7 heteroatoms. The molecule has 24 heavy (non-hydrogen) atoms. The Balaban J connectivity index is 1.81. The van der Waals surface area contributed by atoms with Crippen molar-refractivity contribution in [3.05, 3.63) is 18.0 Å². The summed E-state index contributed by atoms with van der Waals surface area (Å²) in [5.41, 5.74) is 0.552. The molecular weight excluding hydrogens is 306 g/mol. The summed E-state index contributed by atoms with van der Waals surface area (Å²) < 4.78 is 5.33. The molecule has 2 heterocycles. The minimum absolute atomic E-state index is 0.0126. The van der Waals surface area contributed by atoms with E-state index in [1.165, 1.54) is 0 Å². The molecule has 1 aliphatic heterocycles. The van der Waals surface area contributed by atoms with Gasteiger partial charge in [-0.1, -0.05) is 13.8 Å². The standard InChI is InChI=1S/C17H29N5O2/c1-3-6-22(7-4-2)16(23)15-13-19-17(20-14-15)18-5-8-21-9-11-24-12-10-21/h13-14H,3-12H2,1-2H3,(H,18,19,20). The van der Waals surface area contributed by atoms with E-state index in [0.717, 1.165) is 65.3 Å².